The van der Waals surface area contributed by atoms with Gasteiger partial charge in [-0.2, -0.15) is 0 Å². The molecule has 0 radical (unpaired) electrons. The number of esters is 1. The molecular weight excluding hydrogens is 282 g/mol. The zero-order chi connectivity index (χ0) is 15.6. The van der Waals surface area contributed by atoms with Crippen LogP contribution < -0.4 is 5.32 Å². The van der Waals surface area contributed by atoms with Crippen molar-refractivity contribution in [2.45, 2.75) is 44.4 Å². The number of nitrogens with one attached hydrogen (secondary N) is 1. The Kier molecular flexibility index (Phi) is 4.29. The smallest absolute Gasteiger partial charge is 0.331 e. The summed E-state index contributed by atoms with van der Waals surface area (Å²) in [6.07, 6.45) is 2.74. The molecule has 2 aliphatic heterocycles. The van der Waals surface area contributed by atoms with Crippen LogP contribution in [0.15, 0.2) is 42.5 Å². The second kappa shape index (κ2) is 6.20. The van der Waals surface area contributed by atoms with Gasteiger partial charge in [-0.15, -0.1) is 0 Å². The van der Waals surface area contributed by atoms with Crippen molar-refractivity contribution in [3.05, 3.63) is 48.0 Å². The van der Waals surface area contributed by atoms with Gasteiger partial charge in [0.2, 0.25) is 0 Å². The van der Waals surface area contributed by atoms with Crippen molar-refractivity contribution < 1.29 is 19.0 Å². The number of rotatable bonds is 5. The van der Waals surface area contributed by atoms with Crippen molar-refractivity contribution in [2.75, 3.05) is 6.61 Å². The Morgan fingerprint density at radius 3 is 2.68 bits per heavy atom. The lowest BCUT2D eigenvalue weighted by atomic mass is 10.0. The van der Waals surface area contributed by atoms with Gasteiger partial charge in [-0.3, -0.25) is 0 Å². The Morgan fingerprint density at radius 1 is 1.32 bits per heavy atom. The Bertz CT molecular complexity index is 555. The first-order valence-electron chi connectivity index (χ1n) is 7.51. The van der Waals surface area contributed by atoms with Gasteiger partial charge in [-0.05, 0) is 25.5 Å². The number of carbonyl (C=O) groups excluding carboxylic acids is 1. The van der Waals surface area contributed by atoms with E-state index in [1.165, 1.54) is 11.6 Å². The first-order valence-corrected chi connectivity index (χ1v) is 7.51. The van der Waals surface area contributed by atoms with E-state index in [-0.39, 0.29) is 24.2 Å². The average Bonchev–Trinajstić information content (AvgIpc) is 3.07. The second-order valence-corrected chi connectivity index (χ2v) is 6.02. The van der Waals surface area contributed by atoms with Gasteiger partial charge in [0.25, 0.3) is 0 Å². The third-order valence-corrected chi connectivity index (χ3v) is 3.84. The fourth-order valence-corrected chi connectivity index (χ4v) is 2.76. The standard InChI is InChI=1S/C17H21NO4/c1-17(2)20-11-14(22-17)16(13-8-9-15(19)21-13)18-10-12-6-4-3-5-7-12/h3-9,13-14,16,18H,10-11H2,1-2H3/t13-,14+,16-/m0/s1. The molecule has 0 aromatic heterocycles. The van der Waals surface area contributed by atoms with E-state index < -0.39 is 5.79 Å². The van der Waals surface area contributed by atoms with E-state index in [9.17, 15) is 4.79 Å². The minimum Gasteiger partial charge on any atom is -0.453 e. The number of hydrogen-bond acceptors (Lipinski definition) is 5. The molecule has 5 heteroatoms. The van der Waals surface area contributed by atoms with E-state index in [4.69, 9.17) is 14.2 Å². The Morgan fingerprint density at radius 2 is 2.09 bits per heavy atom. The minimum absolute atomic E-state index is 0.148. The summed E-state index contributed by atoms with van der Waals surface area (Å²) in [6.45, 7) is 4.92. The molecule has 1 aromatic carbocycles. The van der Waals surface area contributed by atoms with Crippen LogP contribution in [0.4, 0.5) is 0 Å². The molecule has 0 aliphatic carbocycles. The summed E-state index contributed by atoms with van der Waals surface area (Å²) in [4.78, 5) is 11.4. The van der Waals surface area contributed by atoms with E-state index >= 15 is 0 Å². The summed E-state index contributed by atoms with van der Waals surface area (Å²) >= 11 is 0. The first kappa shape index (κ1) is 15.2. The van der Waals surface area contributed by atoms with Crippen molar-refractivity contribution in [1.29, 1.82) is 0 Å². The molecule has 0 spiro atoms. The predicted molar refractivity (Wildman–Crippen MR) is 81.0 cm³/mol. The molecule has 2 heterocycles. The molecule has 1 fully saturated rings. The first-order chi connectivity index (χ1) is 10.5. The van der Waals surface area contributed by atoms with Gasteiger partial charge in [0.05, 0.1) is 12.6 Å². The molecule has 0 unspecified atom stereocenters. The van der Waals surface area contributed by atoms with Crippen LogP contribution in [0, 0.1) is 0 Å². The third kappa shape index (κ3) is 3.55. The van der Waals surface area contributed by atoms with Crippen molar-refractivity contribution in [2.24, 2.45) is 0 Å². The molecule has 0 saturated carbocycles. The molecule has 1 aromatic rings. The quantitative estimate of drug-likeness (QED) is 0.840. The molecule has 5 nitrogen and oxygen atoms in total. The van der Waals surface area contributed by atoms with E-state index in [1.54, 1.807) is 6.08 Å². The van der Waals surface area contributed by atoms with Crippen molar-refractivity contribution >= 4 is 5.97 Å². The molecule has 3 rings (SSSR count). The van der Waals surface area contributed by atoms with Crippen LogP contribution in [0.5, 0.6) is 0 Å². The summed E-state index contributed by atoms with van der Waals surface area (Å²) in [5.41, 5.74) is 1.17. The Labute approximate surface area is 130 Å². The van der Waals surface area contributed by atoms with E-state index in [1.807, 2.05) is 32.0 Å². The largest absolute Gasteiger partial charge is 0.453 e. The zero-order valence-electron chi connectivity index (χ0n) is 12.8. The van der Waals surface area contributed by atoms with Crippen molar-refractivity contribution in [3.8, 4) is 0 Å². The lowest BCUT2D eigenvalue weighted by Gasteiger charge is -2.28. The molecule has 0 amide bonds. The average molecular weight is 303 g/mol. The fourth-order valence-electron chi connectivity index (χ4n) is 2.76. The molecule has 1 saturated heterocycles. The Balaban J connectivity index is 1.69. The number of carbonyl (C=O) groups is 1. The summed E-state index contributed by atoms with van der Waals surface area (Å²) < 4.78 is 16.9. The number of cyclic esters (lactones) is 1. The highest BCUT2D eigenvalue weighted by Gasteiger charge is 2.41. The number of hydrogen-bond donors (Lipinski definition) is 1. The van der Waals surface area contributed by atoms with Crippen LogP contribution in [-0.2, 0) is 25.5 Å². The van der Waals surface area contributed by atoms with Crippen LogP contribution in [0.3, 0.4) is 0 Å². The maximum absolute atomic E-state index is 11.4. The van der Waals surface area contributed by atoms with Gasteiger partial charge >= 0.3 is 5.97 Å². The van der Waals surface area contributed by atoms with Gasteiger partial charge in [0, 0.05) is 12.6 Å². The SMILES string of the molecule is CC1(C)OC[C@H]([C@@H](NCc2ccccc2)[C@@H]2C=CC(=O)O2)O1. The van der Waals surface area contributed by atoms with E-state index in [0.717, 1.165) is 0 Å². The summed E-state index contributed by atoms with van der Waals surface area (Å²) in [7, 11) is 0. The summed E-state index contributed by atoms with van der Waals surface area (Å²) in [6, 6.07) is 9.94. The molecular formula is C17H21NO4. The number of benzene rings is 1. The highest BCUT2D eigenvalue weighted by atomic mass is 16.7. The van der Waals surface area contributed by atoms with Gasteiger partial charge in [0.15, 0.2) is 5.79 Å². The van der Waals surface area contributed by atoms with Gasteiger partial charge in [-0.1, -0.05) is 30.3 Å². The fraction of sp³-hybridized carbons (Fsp3) is 0.471. The second-order valence-electron chi connectivity index (χ2n) is 6.02. The highest BCUT2D eigenvalue weighted by Crippen LogP contribution is 2.27. The molecule has 0 bridgehead atoms. The molecule has 118 valence electrons. The van der Waals surface area contributed by atoms with Gasteiger partial charge in [-0.25, -0.2) is 4.79 Å². The normalized spacial score (nSPS) is 27.8. The highest BCUT2D eigenvalue weighted by molar-refractivity contribution is 5.84. The van der Waals surface area contributed by atoms with Crippen LogP contribution in [0.2, 0.25) is 0 Å². The van der Waals surface area contributed by atoms with Crippen molar-refractivity contribution in [3.63, 3.8) is 0 Å². The summed E-state index contributed by atoms with van der Waals surface area (Å²) in [5.74, 6) is -0.918. The monoisotopic (exact) mass is 303 g/mol. The number of ether oxygens (including phenoxy) is 3. The molecule has 22 heavy (non-hydrogen) atoms. The van der Waals surface area contributed by atoms with Crippen LogP contribution in [0.25, 0.3) is 0 Å². The van der Waals surface area contributed by atoms with E-state index in [2.05, 4.69) is 17.4 Å². The van der Waals surface area contributed by atoms with Crippen LogP contribution in [0.1, 0.15) is 19.4 Å². The minimum atomic E-state index is -0.607. The third-order valence-electron chi connectivity index (χ3n) is 3.84. The molecule has 3 atom stereocenters. The van der Waals surface area contributed by atoms with Crippen LogP contribution >= 0.6 is 0 Å². The maximum atomic E-state index is 11.4. The molecule has 1 N–H and O–H groups in total. The Hall–Kier alpha value is -1.69. The lowest BCUT2D eigenvalue weighted by molar-refractivity contribution is -0.150. The van der Waals surface area contributed by atoms with Crippen molar-refractivity contribution in [1.82, 2.24) is 5.32 Å². The summed E-state index contributed by atoms with van der Waals surface area (Å²) in [5, 5.41) is 3.44. The van der Waals surface area contributed by atoms with Gasteiger partial charge < -0.3 is 19.5 Å². The predicted octanol–water partition coefficient (Wildman–Crippen LogP) is 1.78. The lowest BCUT2D eigenvalue weighted by Crippen LogP contribution is -2.49. The molecule has 2 aliphatic rings. The zero-order valence-corrected chi connectivity index (χ0v) is 12.8. The maximum Gasteiger partial charge on any atom is 0.331 e. The van der Waals surface area contributed by atoms with Crippen LogP contribution in [-0.4, -0.2) is 36.6 Å². The van der Waals surface area contributed by atoms with Gasteiger partial charge in [0.1, 0.15) is 12.2 Å². The topological polar surface area (TPSA) is 56.8 Å². The van der Waals surface area contributed by atoms with E-state index in [0.29, 0.717) is 13.2 Å².